The molecule has 0 aliphatic carbocycles. The Morgan fingerprint density at radius 3 is 2.08 bits per heavy atom. The van der Waals surface area contributed by atoms with Crippen molar-refractivity contribution in [1.29, 1.82) is 0 Å². The molecule has 37 heavy (non-hydrogen) atoms. The van der Waals surface area contributed by atoms with Crippen molar-refractivity contribution in [2.75, 3.05) is 41.4 Å². The fourth-order valence-electron chi connectivity index (χ4n) is 4.07. The summed E-state index contributed by atoms with van der Waals surface area (Å²) >= 11 is 0. The molecular formula is C28H24N4O5. The molecule has 1 aromatic heterocycles. The maximum Gasteiger partial charge on any atom is 0.255 e. The Morgan fingerprint density at radius 1 is 0.865 bits per heavy atom. The smallest absolute Gasteiger partial charge is 0.255 e. The van der Waals surface area contributed by atoms with Gasteiger partial charge in [-0.05, 0) is 72.8 Å². The van der Waals surface area contributed by atoms with E-state index in [-0.39, 0.29) is 11.7 Å². The second kappa shape index (κ2) is 10.9. The summed E-state index contributed by atoms with van der Waals surface area (Å²) in [5.74, 6) is -0.0583. The molecule has 1 fully saturated rings. The first-order valence-electron chi connectivity index (χ1n) is 11.7. The molecular weight excluding hydrogens is 472 g/mol. The monoisotopic (exact) mass is 496 g/mol. The number of rotatable bonds is 8. The Morgan fingerprint density at radius 2 is 1.49 bits per heavy atom. The van der Waals surface area contributed by atoms with Crippen LogP contribution in [0.4, 0.5) is 22.9 Å². The quantitative estimate of drug-likeness (QED) is 0.287. The summed E-state index contributed by atoms with van der Waals surface area (Å²) in [6, 6.07) is 20.8. The van der Waals surface area contributed by atoms with Gasteiger partial charge in [-0.2, -0.15) is 4.98 Å². The van der Waals surface area contributed by atoms with Crippen LogP contribution in [-0.4, -0.2) is 49.4 Å². The summed E-state index contributed by atoms with van der Waals surface area (Å²) in [5.41, 5.74) is 3.69. The van der Waals surface area contributed by atoms with Crippen molar-refractivity contribution in [3.63, 3.8) is 0 Å². The van der Waals surface area contributed by atoms with E-state index in [1.807, 2.05) is 12.1 Å². The number of ether oxygens (including phenoxy) is 1. The van der Waals surface area contributed by atoms with Crippen LogP contribution in [0.1, 0.15) is 26.3 Å². The molecule has 9 nitrogen and oxygen atoms in total. The first kappa shape index (κ1) is 24.0. The van der Waals surface area contributed by atoms with E-state index in [2.05, 4.69) is 15.2 Å². The molecule has 2 amide bonds. The number of nitrogens with zero attached hydrogens (tertiary/aromatic N) is 3. The lowest BCUT2D eigenvalue weighted by Gasteiger charge is -2.28. The van der Waals surface area contributed by atoms with E-state index in [1.165, 1.54) is 17.6 Å². The molecule has 9 heteroatoms. The number of anilines is 4. The van der Waals surface area contributed by atoms with Gasteiger partial charge in [0.2, 0.25) is 6.41 Å². The summed E-state index contributed by atoms with van der Waals surface area (Å²) in [6.45, 7) is 3.07. The molecule has 3 aromatic carbocycles. The third-order valence-electron chi connectivity index (χ3n) is 6.09. The topological polar surface area (TPSA) is 105 Å². The van der Waals surface area contributed by atoms with Crippen LogP contribution in [0.3, 0.4) is 0 Å². The number of aromatic nitrogens is 1. The molecule has 0 atom stereocenters. The van der Waals surface area contributed by atoms with Gasteiger partial charge in [0.25, 0.3) is 5.91 Å². The van der Waals surface area contributed by atoms with E-state index in [1.54, 1.807) is 60.7 Å². The number of amides is 2. The largest absolute Gasteiger partial charge is 0.449 e. The summed E-state index contributed by atoms with van der Waals surface area (Å²) in [7, 11) is 0. The molecule has 0 saturated carbocycles. The summed E-state index contributed by atoms with van der Waals surface area (Å²) in [5, 5.41) is 2.87. The highest BCUT2D eigenvalue weighted by atomic mass is 16.5. The predicted molar refractivity (Wildman–Crippen MR) is 138 cm³/mol. The van der Waals surface area contributed by atoms with Gasteiger partial charge in [0.05, 0.1) is 18.9 Å². The third-order valence-corrected chi connectivity index (χ3v) is 6.09. The average molecular weight is 497 g/mol. The molecule has 0 bridgehead atoms. The zero-order chi connectivity index (χ0) is 25.6. The van der Waals surface area contributed by atoms with Crippen molar-refractivity contribution in [3.05, 3.63) is 102 Å². The second-order valence-corrected chi connectivity index (χ2v) is 8.38. The van der Waals surface area contributed by atoms with Gasteiger partial charge in [-0.25, -0.2) is 0 Å². The van der Waals surface area contributed by atoms with Crippen molar-refractivity contribution in [2.45, 2.75) is 0 Å². The fourth-order valence-corrected chi connectivity index (χ4v) is 4.07. The van der Waals surface area contributed by atoms with Crippen LogP contribution in [0.2, 0.25) is 0 Å². The number of oxazole rings is 1. The van der Waals surface area contributed by atoms with Crippen molar-refractivity contribution < 1.29 is 23.5 Å². The van der Waals surface area contributed by atoms with Crippen molar-refractivity contribution in [2.24, 2.45) is 0 Å². The molecule has 5 rings (SSSR count). The molecule has 0 spiro atoms. The number of carbonyl (C=O) groups excluding carboxylic acids is 3. The number of hydrogen-bond donors (Lipinski definition) is 1. The Balaban J connectivity index is 1.21. The van der Waals surface area contributed by atoms with E-state index in [4.69, 9.17) is 9.15 Å². The van der Waals surface area contributed by atoms with Gasteiger partial charge < -0.3 is 19.4 Å². The minimum Gasteiger partial charge on any atom is -0.449 e. The van der Waals surface area contributed by atoms with Crippen LogP contribution in [0.5, 0.6) is 0 Å². The van der Waals surface area contributed by atoms with Gasteiger partial charge in [-0.15, -0.1) is 0 Å². The highest BCUT2D eigenvalue weighted by molar-refractivity contribution is 6.10. The van der Waals surface area contributed by atoms with Crippen LogP contribution < -0.4 is 15.1 Å². The SMILES string of the molecule is O=CN(c1ccc(C(=O)c2ccc(NC(=O)c3ccc(N4CCOCC4)cc3)cc2)cc1)c1cocn1. The van der Waals surface area contributed by atoms with Crippen LogP contribution in [0, 0.1) is 0 Å². The molecule has 2 heterocycles. The van der Waals surface area contributed by atoms with Crippen LogP contribution >= 0.6 is 0 Å². The molecule has 0 unspecified atom stereocenters. The number of morpholine rings is 1. The maximum absolute atomic E-state index is 12.9. The van der Waals surface area contributed by atoms with Crippen molar-refractivity contribution in [3.8, 4) is 0 Å². The summed E-state index contributed by atoms with van der Waals surface area (Å²) in [6.07, 6.45) is 3.21. The van der Waals surface area contributed by atoms with Gasteiger partial charge in [-0.3, -0.25) is 19.3 Å². The van der Waals surface area contributed by atoms with E-state index in [9.17, 15) is 14.4 Å². The highest BCUT2D eigenvalue weighted by Gasteiger charge is 2.15. The standard InChI is InChI=1S/C28H24N4O5/c33-19-32(26-17-37-18-29-26)25-11-3-21(4-12-25)27(34)20-1-7-23(8-2-20)30-28(35)22-5-9-24(10-6-22)31-13-15-36-16-14-31/h1-12,17-19H,13-16H2,(H,30,35). The first-order chi connectivity index (χ1) is 18.1. The molecule has 0 radical (unpaired) electrons. The molecule has 4 aromatic rings. The van der Waals surface area contributed by atoms with Crippen molar-refractivity contribution in [1.82, 2.24) is 4.98 Å². The molecule has 1 aliphatic rings. The van der Waals surface area contributed by atoms with Gasteiger partial charge >= 0.3 is 0 Å². The highest BCUT2D eigenvalue weighted by Crippen LogP contribution is 2.24. The third kappa shape index (κ3) is 5.41. The Kier molecular flexibility index (Phi) is 7.05. The number of hydrogen-bond acceptors (Lipinski definition) is 7. The fraction of sp³-hybridized carbons (Fsp3) is 0.143. The molecule has 1 aliphatic heterocycles. The molecule has 186 valence electrons. The van der Waals surface area contributed by atoms with E-state index >= 15 is 0 Å². The Labute approximate surface area is 213 Å². The van der Waals surface area contributed by atoms with E-state index in [0.29, 0.717) is 53.5 Å². The van der Waals surface area contributed by atoms with Crippen LogP contribution in [0.15, 0.2) is 89.9 Å². The van der Waals surface area contributed by atoms with Gasteiger partial charge in [0.15, 0.2) is 18.0 Å². The Hall–Kier alpha value is -4.76. The van der Waals surface area contributed by atoms with Crippen molar-refractivity contribution >= 4 is 41.0 Å². The van der Waals surface area contributed by atoms with Crippen LogP contribution in [0.25, 0.3) is 0 Å². The zero-order valence-corrected chi connectivity index (χ0v) is 19.9. The lowest BCUT2D eigenvalue weighted by Crippen LogP contribution is -2.36. The first-order valence-corrected chi connectivity index (χ1v) is 11.7. The summed E-state index contributed by atoms with van der Waals surface area (Å²) in [4.78, 5) is 44.6. The number of carbonyl (C=O) groups is 3. The molecule has 1 N–H and O–H groups in total. The number of benzene rings is 3. The minimum atomic E-state index is -0.227. The zero-order valence-electron chi connectivity index (χ0n) is 19.9. The second-order valence-electron chi connectivity index (χ2n) is 8.38. The van der Waals surface area contributed by atoms with Crippen LogP contribution in [-0.2, 0) is 9.53 Å². The minimum absolute atomic E-state index is 0.179. The lowest BCUT2D eigenvalue weighted by molar-refractivity contribution is -0.106. The average Bonchev–Trinajstić information content (AvgIpc) is 3.49. The van der Waals surface area contributed by atoms with Gasteiger partial charge in [0, 0.05) is 41.2 Å². The normalized spacial score (nSPS) is 13.1. The van der Waals surface area contributed by atoms with E-state index in [0.717, 1.165) is 18.8 Å². The van der Waals surface area contributed by atoms with Gasteiger partial charge in [-0.1, -0.05) is 0 Å². The van der Waals surface area contributed by atoms with Gasteiger partial charge in [0.1, 0.15) is 6.26 Å². The number of nitrogens with one attached hydrogen (secondary N) is 1. The lowest BCUT2D eigenvalue weighted by atomic mass is 10.0. The molecule has 1 saturated heterocycles. The maximum atomic E-state index is 12.9. The Bertz CT molecular complexity index is 1360. The predicted octanol–water partition coefficient (Wildman–Crippen LogP) is 4.29. The summed E-state index contributed by atoms with van der Waals surface area (Å²) < 4.78 is 10.3. The number of ketones is 1. The van der Waals surface area contributed by atoms with E-state index < -0.39 is 0 Å².